The number of hydrogen-bond acceptors (Lipinski definition) is 2. The van der Waals surface area contributed by atoms with E-state index in [1.807, 2.05) is 18.2 Å². The van der Waals surface area contributed by atoms with Gasteiger partial charge in [-0.2, -0.15) is 0 Å². The Morgan fingerprint density at radius 3 is 2.93 bits per heavy atom. The fraction of sp³-hybridized carbons (Fsp3) is 0.364. The lowest BCUT2D eigenvalue weighted by molar-refractivity contribution is -0.125. The van der Waals surface area contributed by atoms with Gasteiger partial charge < -0.3 is 9.64 Å². The maximum Gasteiger partial charge on any atom is 0.253 e. The molecule has 4 heteroatoms. The molecule has 0 unspecified atom stereocenters. The summed E-state index contributed by atoms with van der Waals surface area (Å²) < 4.78 is 6.31. The number of nitrogens with zero attached hydrogens (tertiary/aromatic N) is 1. The van der Waals surface area contributed by atoms with Crippen LogP contribution in [0.25, 0.3) is 0 Å². The number of halogens is 1. The summed E-state index contributed by atoms with van der Waals surface area (Å²) in [6.07, 6.45) is 0. The number of carbonyl (C=O) groups is 1. The summed E-state index contributed by atoms with van der Waals surface area (Å²) in [5.41, 5.74) is 2.17. The molecule has 1 amide bonds. The van der Waals surface area contributed by atoms with E-state index in [1.165, 1.54) is 9.13 Å². The smallest absolute Gasteiger partial charge is 0.253 e. The molecule has 0 aliphatic carbocycles. The molecule has 1 aromatic carbocycles. The lowest BCUT2D eigenvalue weighted by atomic mass is 10.2. The quantitative estimate of drug-likeness (QED) is 0.741. The first kappa shape index (κ1) is 10.9. The molecular weight excluding hydrogens is 305 g/mol. The number of anilines is 1. The standard InChI is InChI=1S/C11H12INO2/c1-8-6-9(2-3-10(8)12)13-4-5-15-7-11(13)14/h2-3,6H,4-5,7H2,1H3. The fourth-order valence-corrected chi connectivity index (χ4v) is 1.92. The van der Waals surface area contributed by atoms with E-state index in [2.05, 4.69) is 29.5 Å². The van der Waals surface area contributed by atoms with E-state index >= 15 is 0 Å². The van der Waals surface area contributed by atoms with E-state index in [4.69, 9.17) is 4.74 Å². The van der Waals surface area contributed by atoms with Crippen LogP contribution in [0.2, 0.25) is 0 Å². The summed E-state index contributed by atoms with van der Waals surface area (Å²) in [4.78, 5) is 13.4. The number of morpholine rings is 1. The van der Waals surface area contributed by atoms with Gasteiger partial charge in [-0.15, -0.1) is 0 Å². The third-order valence-electron chi connectivity index (χ3n) is 2.44. The van der Waals surface area contributed by atoms with Gasteiger partial charge in [0.2, 0.25) is 0 Å². The number of amides is 1. The summed E-state index contributed by atoms with van der Waals surface area (Å²) in [6, 6.07) is 6.07. The zero-order chi connectivity index (χ0) is 10.8. The first-order chi connectivity index (χ1) is 7.18. The molecule has 80 valence electrons. The Hall–Kier alpha value is -0.620. The molecule has 1 aromatic rings. The van der Waals surface area contributed by atoms with E-state index < -0.39 is 0 Å². The van der Waals surface area contributed by atoms with E-state index in [9.17, 15) is 4.79 Å². The molecule has 0 aromatic heterocycles. The number of benzene rings is 1. The molecule has 1 heterocycles. The molecule has 3 nitrogen and oxygen atoms in total. The highest BCUT2D eigenvalue weighted by Gasteiger charge is 2.20. The van der Waals surface area contributed by atoms with Crippen LogP contribution < -0.4 is 4.90 Å². The third kappa shape index (κ3) is 2.31. The molecule has 0 bridgehead atoms. The van der Waals surface area contributed by atoms with Crippen LogP contribution >= 0.6 is 22.6 Å². The molecular formula is C11H12INO2. The van der Waals surface area contributed by atoms with Gasteiger partial charge in [-0.3, -0.25) is 4.79 Å². The van der Waals surface area contributed by atoms with Gasteiger partial charge in [0, 0.05) is 15.8 Å². The number of aryl methyl sites for hydroxylation is 1. The maximum absolute atomic E-state index is 11.6. The van der Waals surface area contributed by atoms with Gasteiger partial charge in [-0.05, 0) is 53.3 Å². The summed E-state index contributed by atoms with van der Waals surface area (Å²) >= 11 is 2.29. The predicted molar refractivity (Wildman–Crippen MR) is 67.1 cm³/mol. The molecule has 0 saturated carbocycles. The number of carbonyl (C=O) groups excluding carboxylic acids is 1. The molecule has 2 rings (SSSR count). The van der Waals surface area contributed by atoms with Gasteiger partial charge >= 0.3 is 0 Å². The second kappa shape index (κ2) is 4.49. The summed E-state index contributed by atoms with van der Waals surface area (Å²) in [5.74, 6) is 0.0434. The molecule has 0 N–H and O–H groups in total. The van der Waals surface area contributed by atoms with Crippen molar-refractivity contribution in [3.63, 3.8) is 0 Å². The minimum Gasteiger partial charge on any atom is -0.370 e. The van der Waals surface area contributed by atoms with Crippen molar-refractivity contribution in [2.24, 2.45) is 0 Å². The molecule has 15 heavy (non-hydrogen) atoms. The number of ether oxygens (including phenoxy) is 1. The Labute approximate surface area is 103 Å². The second-order valence-corrected chi connectivity index (χ2v) is 4.69. The second-order valence-electron chi connectivity index (χ2n) is 3.53. The van der Waals surface area contributed by atoms with Crippen LogP contribution in [-0.2, 0) is 9.53 Å². The van der Waals surface area contributed by atoms with Crippen molar-refractivity contribution in [2.75, 3.05) is 24.7 Å². The zero-order valence-corrected chi connectivity index (χ0v) is 10.7. The molecule has 0 spiro atoms. The number of rotatable bonds is 1. The molecule has 1 aliphatic rings. The minimum absolute atomic E-state index is 0.0434. The molecule has 1 aliphatic heterocycles. The normalized spacial score (nSPS) is 16.9. The van der Waals surface area contributed by atoms with Gasteiger partial charge in [0.05, 0.1) is 6.61 Å². The van der Waals surface area contributed by atoms with Crippen LogP contribution in [0.5, 0.6) is 0 Å². The van der Waals surface area contributed by atoms with Crippen molar-refractivity contribution in [3.05, 3.63) is 27.3 Å². The Kier molecular flexibility index (Phi) is 3.25. The van der Waals surface area contributed by atoms with Crippen LogP contribution in [0.1, 0.15) is 5.56 Å². The molecule has 0 radical (unpaired) electrons. The van der Waals surface area contributed by atoms with E-state index in [0.29, 0.717) is 13.2 Å². The Morgan fingerprint density at radius 1 is 1.47 bits per heavy atom. The highest BCUT2D eigenvalue weighted by Crippen LogP contribution is 2.21. The van der Waals surface area contributed by atoms with Crippen LogP contribution in [-0.4, -0.2) is 25.7 Å². The average Bonchev–Trinajstić information content (AvgIpc) is 2.23. The highest BCUT2D eigenvalue weighted by atomic mass is 127. The van der Waals surface area contributed by atoms with Crippen LogP contribution in [0.4, 0.5) is 5.69 Å². The van der Waals surface area contributed by atoms with E-state index in [-0.39, 0.29) is 12.5 Å². The SMILES string of the molecule is Cc1cc(N2CCOCC2=O)ccc1I. The highest BCUT2D eigenvalue weighted by molar-refractivity contribution is 14.1. The van der Waals surface area contributed by atoms with Crippen molar-refractivity contribution < 1.29 is 9.53 Å². The maximum atomic E-state index is 11.6. The lowest BCUT2D eigenvalue weighted by Crippen LogP contribution is -2.41. The van der Waals surface area contributed by atoms with Crippen LogP contribution in [0.15, 0.2) is 18.2 Å². The van der Waals surface area contributed by atoms with E-state index in [0.717, 1.165) is 5.69 Å². The van der Waals surface area contributed by atoms with Crippen molar-refractivity contribution in [1.82, 2.24) is 0 Å². The third-order valence-corrected chi connectivity index (χ3v) is 3.65. The number of hydrogen-bond donors (Lipinski definition) is 0. The average molecular weight is 317 g/mol. The summed E-state index contributed by atoms with van der Waals surface area (Å²) in [5, 5.41) is 0. The predicted octanol–water partition coefficient (Wildman–Crippen LogP) is 1.96. The van der Waals surface area contributed by atoms with Gasteiger partial charge in [0.25, 0.3) is 5.91 Å². The Morgan fingerprint density at radius 2 is 2.27 bits per heavy atom. The fourth-order valence-electron chi connectivity index (χ4n) is 1.59. The zero-order valence-electron chi connectivity index (χ0n) is 8.50. The van der Waals surface area contributed by atoms with E-state index in [1.54, 1.807) is 4.90 Å². The Bertz CT molecular complexity index is 392. The van der Waals surface area contributed by atoms with Gasteiger partial charge in [-0.1, -0.05) is 0 Å². The van der Waals surface area contributed by atoms with Gasteiger partial charge in [-0.25, -0.2) is 0 Å². The molecule has 1 saturated heterocycles. The lowest BCUT2D eigenvalue weighted by Gasteiger charge is -2.27. The first-order valence-electron chi connectivity index (χ1n) is 4.83. The van der Waals surface area contributed by atoms with Crippen molar-refractivity contribution in [1.29, 1.82) is 0 Å². The van der Waals surface area contributed by atoms with Gasteiger partial charge in [0.1, 0.15) is 6.61 Å². The van der Waals surface area contributed by atoms with Gasteiger partial charge in [0.15, 0.2) is 0 Å². The van der Waals surface area contributed by atoms with Crippen molar-refractivity contribution in [2.45, 2.75) is 6.92 Å². The summed E-state index contributed by atoms with van der Waals surface area (Å²) in [6.45, 7) is 3.52. The minimum atomic E-state index is 0.0434. The van der Waals surface area contributed by atoms with Crippen LogP contribution in [0, 0.1) is 10.5 Å². The molecule has 1 fully saturated rings. The topological polar surface area (TPSA) is 29.5 Å². The largest absolute Gasteiger partial charge is 0.370 e. The molecule has 0 atom stereocenters. The summed E-state index contributed by atoms with van der Waals surface area (Å²) in [7, 11) is 0. The monoisotopic (exact) mass is 317 g/mol. The first-order valence-corrected chi connectivity index (χ1v) is 5.90. The van der Waals surface area contributed by atoms with Crippen molar-refractivity contribution >= 4 is 34.2 Å². The Balaban J connectivity index is 2.28. The van der Waals surface area contributed by atoms with Crippen LogP contribution in [0.3, 0.4) is 0 Å². The van der Waals surface area contributed by atoms with Crippen molar-refractivity contribution in [3.8, 4) is 0 Å².